The summed E-state index contributed by atoms with van der Waals surface area (Å²) in [5.41, 5.74) is 1.03. The standard InChI is InChI=1S/C15H12F4N4/c1-9(10-2-4-11(16)5-3-10)21-13-7-6-12-8-20-14(15(17,18)19)23(12)22-13/h2-9H,1H3,(H,21,22)/t9-/m0/s1. The summed E-state index contributed by atoms with van der Waals surface area (Å²) >= 11 is 0. The van der Waals surface area contributed by atoms with E-state index in [0.717, 1.165) is 16.3 Å². The number of hydrogen-bond donors (Lipinski definition) is 1. The maximum absolute atomic E-state index is 12.9. The van der Waals surface area contributed by atoms with Gasteiger partial charge in [0, 0.05) is 0 Å². The van der Waals surface area contributed by atoms with E-state index in [9.17, 15) is 17.6 Å². The number of imidazole rings is 1. The van der Waals surface area contributed by atoms with E-state index in [-0.39, 0.29) is 23.2 Å². The van der Waals surface area contributed by atoms with Crippen molar-refractivity contribution in [3.63, 3.8) is 0 Å². The summed E-state index contributed by atoms with van der Waals surface area (Å²) in [6.45, 7) is 1.80. The van der Waals surface area contributed by atoms with Crippen LogP contribution in [0.15, 0.2) is 42.6 Å². The highest BCUT2D eigenvalue weighted by molar-refractivity contribution is 5.50. The van der Waals surface area contributed by atoms with Gasteiger partial charge in [0.05, 0.1) is 17.8 Å². The first-order valence-corrected chi connectivity index (χ1v) is 6.78. The Morgan fingerprint density at radius 3 is 2.43 bits per heavy atom. The topological polar surface area (TPSA) is 42.2 Å². The molecule has 23 heavy (non-hydrogen) atoms. The monoisotopic (exact) mass is 324 g/mol. The predicted octanol–water partition coefficient (Wildman–Crippen LogP) is 4.06. The highest BCUT2D eigenvalue weighted by atomic mass is 19.4. The van der Waals surface area contributed by atoms with Gasteiger partial charge in [-0.2, -0.15) is 13.2 Å². The maximum atomic E-state index is 12.9. The van der Waals surface area contributed by atoms with Gasteiger partial charge in [0.1, 0.15) is 11.6 Å². The van der Waals surface area contributed by atoms with E-state index >= 15 is 0 Å². The van der Waals surface area contributed by atoms with Gasteiger partial charge in [0.2, 0.25) is 5.82 Å². The van der Waals surface area contributed by atoms with Gasteiger partial charge >= 0.3 is 6.18 Å². The Morgan fingerprint density at radius 2 is 1.78 bits per heavy atom. The zero-order valence-corrected chi connectivity index (χ0v) is 12.0. The molecule has 0 aliphatic rings. The number of halogens is 4. The molecule has 2 aromatic heterocycles. The molecule has 1 atom stereocenters. The van der Waals surface area contributed by atoms with Crippen LogP contribution in [0.1, 0.15) is 24.4 Å². The van der Waals surface area contributed by atoms with Crippen LogP contribution in [-0.4, -0.2) is 14.6 Å². The molecule has 0 fully saturated rings. The van der Waals surface area contributed by atoms with Crippen LogP contribution < -0.4 is 5.32 Å². The number of rotatable bonds is 3. The summed E-state index contributed by atoms with van der Waals surface area (Å²) in [6.07, 6.45) is -3.47. The van der Waals surface area contributed by atoms with Crippen molar-refractivity contribution < 1.29 is 17.6 Å². The number of benzene rings is 1. The average Bonchev–Trinajstić information content (AvgIpc) is 2.91. The summed E-state index contributed by atoms with van der Waals surface area (Å²) < 4.78 is 52.3. The normalized spacial score (nSPS) is 13.3. The molecule has 1 aromatic carbocycles. The lowest BCUT2D eigenvalue weighted by atomic mass is 10.1. The van der Waals surface area contributed by atoms with Crippen LogP contribution in [-0.2, 0) is 6.18 Å². The minimum atomic E-state index is -4.58. The number of fused-ring (bicyclic) bond motifs is 1. The molecule has 0 saturated heterocycles. The zero-order valence-electron chi connectivity index (χ0n) is 12.0. The molecule has 0 radical (unpaired) electrons. The molecule has 0 unspecified atom stereocenters. The first-order valence-electron chi connectivity index (χ1n) is 6.78. The van der Waals surface area contributed by atoms with Crippen molar-refractivity contribution >= 4 is 11.3 Å². The lowest BCUT2D eigenvalue weighted by Gasteiger charge is -2.15. The number of nitrogens with one attached hydrogen (secondary N) is 1. The third-order valence-corrected chi connectivity index (χ3v) is 3.37. The van der Waals surface area contributed by atoms with Crippen molar-refractivity contribution in [3.8, 4) is 0 Å². The molecule has 0 amide bonds. The Kier molecular flexibility index (Phi) is 3.67. The van der Waals surface area contributed by atoms with E-state index in [1.165, 1.54) is 18.2 Å². The molecule has 0 bridgehead atoms. The first kappa shape index (κ1) is 15.3. The zero-order chi connectivity index (χ0) is 16.6. The third-order valence-electron chi connectivity index (χ3n) is 3.37. The van der Waals surface area contributed by atoms with E-state index in [1.54, 1.807) is 25.1 Å². The van der Waals surface area contributed by atoms with E-state index in [2.05, 4.69) is 15.4 Å². The van der Waals surface area contributed by atoms with Gasteiger partial charge < -0.3 is 5.32 Å². The minimum Gasteiger partial charge on any atom is -0.362 e. The molecule has 1 N–H and O–H groups in total. The van der Waals surface area contributed by atoms with Crippen molar-refractivity contribution in [2.75, 3.05) is 5.32 Å². The van der Waals surface area contributed by atoms with Crippen LogP contribution in [0, 0.1) is 5.82 Å². The second-order valence-corrected chi connectivity index (χ2v) is 5.05. The van der Waals surface area contributed by atoms with Crippen molar-refractivity contribution in [3.05, 3.63) is 59.8 Å². The van der Waals surface area contributed by atoms with Crippen LogP contribution in [0.5, 0.6) is 0 Å². The van der Waals surface area contributed by atoms with E-state index in [0.29, 0.717) is 0 Å². The van der Waals surface area contributed by atoms with E-state index in [4.69, 9.17) is 0 Å². The van der Waals surface area contributed by atoms with E-state index in [1.807, 2.05) is 0 Å². The first-order chi connectivity index (χ1) is 10.8. The van der Waals surface area contributed by atoms with Crippen LogP contribution in [0.4, 0.5) is 23.4 Å². The van der Waals surface area contributed by atoms with Gasteiger partial charge in [-0.3, -0.25) is 0 Å². The quantitative estimate of drug-likeness (QED) is 0.739. The molecule has 3 aromatic rings. The van der Waals surface area contributed by atoms with Crippen LogP contribution >= 0.6 is 0 Å². The maximum Gasteiger partial charge on any atom is 0.451 e. The summed E-state index contributed by atoms with van der Waals surface area (Å²) in [5, 5.41) is 6.92. The van der Waals surface area contributed by atoms with Crippen LogP contribution in [0.2, 0.25) is 0 Å². The van der Waals surface area contributed by atoms with Crippen molar-refractivity contribution in [1.29, 1.82) is 0 Å². The summed E-state index contributed by atoms with van der Waals surface area (Å²) in [4.78, 5) is 3.36. The predicted molar refractivity (Wildman–Crippen MR) is 76.4 cm³/mol. The number of alkyl halides is 3. The summed E-state index contributed by atoms with van der Waals surface area (Å²) in [7, 11) is 0. The van der Waals surface area contributed by atoms with Gasteiger partial charge in [0.25, 0.3) is 0 Å². The van der Waals surface area contributed by atoms with Crippen LogP contribution in [0.25, 0.3) is 5.52 Å². The van der Waals surface area contributed by atoms with Crippen molar-refractivity contribution in [2.45, 2.75) is 19.1 Å². The molecular formula is C15H12F4N4. The fourth-order valence-electron chi connectivity index (χ4n) is 2.21. The molecule has 0 spiro atoms. The largest absolute Gasteiger partial charge is 0.451 e. The SMILES string of the molecule is C[C@H](Nc1ccc2cnc(C(F)(F)F)n2n1)c1ccc(F)cc1. The minimum absolute atomic E-state index is 0.248. The number of hydrogen-bond acceptors (Lipinski definition) is 3. The molecule has 0 aliphatic carbocycles. The number of aromatic nitrogens is 3. The highest BCUT2D eigenvalue weighted by Crippen LogP contribution is 2.28. The number of anilines is 1. The van der Waals surface area contributed by atoms with Gasteiger partial charge in [0.15, 0.2) is 0 Å². The van der Waals surface area contributed by atoms with Gasteiger partial charge in [-0.1, -0.05) is 12.1 Å². The molecule has 120 valence electrons. The molecule has 8 heteroatoms. The molecule has 0 aliphatic heterocycles. The van der Waals surface area contributed by atoms with Gasteiger partial charge in [-0.25, -0.2) is 13.9 Å². The fraction of sp³-hybridized carbons (Fsp3) is 0.200. The third kappa shape index (κ3) is 3.10. The lowest BCUT2D eigenvalue weighted by Crippen LogP contribution is -2.14. The highest BCUT2D eigenvalue weighted by Gasteiger charge is 2.36. The molecule has 2 heterocycles. The number of nitrogens with zero attached hydrogens (tertiary/aromatic N) is 3. The lowest BCUT2D eigenvalue weighted by molar-refractivity contribution is -0.146. The second kappa shape index (κ2) is 5.53. The van der Waals surface area contributed by atoms with Gasteiger partial charge in [-0.15, -0.1) is 5.10 Å². The van der Waals surface area contributed by atoms with E-state index < -0.39 is 12.0 Å². The average molecular weight is 324 g/mol. The summed E-state index contributed by atoms with van der Waals surface area (Å²) in [5.74, 6) is -1.17. The van der Waals surface area contributed by atoms with Crippen molar-refractivity contribution in [2.24, 2.45) is 0 Å². The Hall–Kier alpha value is -2.64. The Bertz CT molecular complexity index is 824. The molecule has 3 rings (SSSR count). The summed E-state index contributed by atoms with van der Waals surface area (Å²) in [6, 6.07) is 8.65. The second-order valence-electron chi connectivity index (χ2n) is 5.05. The Labute approximate surface area is 128 Å². The molecule has 0 saturated carbocycles. The van der Waals surface area contributed by atoms with Crippen LogP contribution in [0.3, 0.4) is 0 Å². The Balaban J connectivity index is 1.89. The fourth-order valence-corrected chi connectivity index (χ4v) is 2.21. The molecule has 4 nitrogen and oxygen atoms in total. The van der Waals surface area contributed by atoms with Gasteiger partial charge in [-0.05, 0) is 36.8 Å². The van der Waals surface area contributed by atoms with Crippen molar-refractivity contribution in [1.82, 2.24) is 14.6 Å². The Morgan fingerprint density at radius 1 is 1.09 bits per heavy atom. The smallest absolute Gasteiger partial charge is 0.362 e. The molecular weight excluding hydrogens is 312 g/mol.